The van der Waals surface area contributed by atoms with Crippen molar-refractivity contribution in [2.24, 2.45) is 0 Å². The lowest BCUT2D eigenvalue weighted by Gasteiger charge is -1.99. The van der Waals surface area contributed by atoms with Gasteiger partial charge in [-0.1, -0.05) is 41.4 Å². The second-order valence-electron chi connectivity index (χ2n) is 4.09. The molecule has 0 aliphatic rings. The Bertz CT molecular complexity index is 607. The van der Waals surface area contributed by atoms with Crippen molar-refractivity contribution in [2.45, 2.75) is 13.8 Å². The first kappa shape index (κ1) is 16.6. The minimum absolute atomic E-state index is 0.0972. The molecular weight excluding hydrogens is 305 g/mol. The standard InChI is InChI=1S/C8H6ClFO.C7H6ClF/c1-5-2-3-6(4-11)7(9)8(5)10;1-5-3-2-4-6(8)7(5)9/h2-4H,1H3;2-4H,1H3. The van der Waals surface area contributed by atoms with E-state index in [2.05, 4.69) is 0 Å². The quantitative estimate of drug-likeness (QED) is 0.645. The van der Waals surface area contributed by atoms with Gasteiger partial charge in [0.15, 0.2) is 6.29 Å². The van der Waals surface area contributed by atoms with Gasteiger partial charge >= 0.3 is 0 Å². The monoisotopic (exact) mass is 316 g/mol. The highest BCUT2D eigenvalue weighted by molar-refractivity contribution is 6.33. The molecule has 0 atom stereocenters. The molecule has 5 heteroatoms. The number of hydrogen-bond acceptors (Lipinski definition) is 1. The third-order valence-electron chi connectivity index (χ3n) is 2.58. The third kappa shape index (κ3) is 4.02. The molecule has 2 aromatic carbocycles. The number of aldehydes is 1. The lowest BCUT2D eigenvalue weighted by molar-refractivity contribution is 0.112. The molecule has 0 fully saturated rings. The number of benzene rings is 2. The molecule has 0 amide bonds. The van der Waals surface area contributed by atoms with Crippen LogP contribution in [0.1, 0.15) is 21.5 Å². The summed E-state index contributed by atoms with van der Waals surface area (Å²) in [6.07, 6.45) is 0.533. The van der Waals surface area contributed by atoms with Crippen molar-refractivity contribution in [3.63, 3.8) is 0 Å². The van der Waals surface area contributed by atoms with Crippen molar-refractivity contribution in [3.05, 3.63) is 68.7 Å². The second kappa shape index (κ2) is 7.36. The summed E-state index contributed by atoms with van der Waals surface area (Å²) in [5.41, 5.74) is 1.22. The summed E-state index contributed by atoms with van der Waals surface area (Å²) < 4.78 is 25.5. The van der Waals surface area contributed by atoms with Gasteiger partial charge in [-0.25, -0.2) is 8.78 Å². The Hall–Kier alpha value is -1.45. The highest BCUT2D eigenvalue weighted by Crippen LogP contribution is 2.21. The Morgan fingerprint density at radius 3 is 2.05 bits per heavy atom. The van der Waals surface area contributed by atoms with Crippen LogP contribution < -0.4 is 0 Å². The highest BCUT2D eigenvalue weighted by atomic mass is 35.5. The van der Waals surface area contributed by atoms with Crippen LogP contribution in [0.4, 0.5) is 8.78 Å². The van der Waals surface area contributed by atoms with Crippen LogP contribution in [0.3, 0.4) is 0 Å². The van der Waals surface area contributed by atoms with Crippen LogP contribution in [0.25, 0.3) is 0 Å². The van der Waals surface area contributed by atoms with Crippen LogP contribution in [0, 0.1) is 25.5 Å². The number of carbonyl (C=O) groups excluding carboxylic acids is 1. The number of aryl methyl sites for hydroxylation is 2. The normalized spacial score (nSPS) is 9.70. The first-order valence-electron chi connectivity index (χ1n) is 5.69. The van der Waals surface area contributed by atoms with Crippen LogP contribution in [0.2, 0.25) is 10.0 Å². The largest absolute Gasteiger partial charge is 0.298 e. The van der Waals surface area contributed by atoms with E-state index in [1.165, 1.54) is 18.2 Å². The predicted molar refractivity (Wildman–Crippen MR) is 77.7 cm³/mol. The lowest BCUT2D eigenvalue weighted by atomic mass is 10.1. The molecule has 20 heavy (non-hydrogen) atoms. The molecule has 0 saturated heterocycles. The van der Waals surface area contributed by atoms with E-state index >= 15 is 0 Å². The molecule has 0 N–H and O–H groups in total. The summed E-state index contributed by atoms with van der Waals surface area (Å²) in [5.74, 6) is -0.838. The van der Waals surface area contributed by atoms with Gasteiger partial charge in [0.1, 0.15) is 11.6 Å². The van der Waals surface area contributed by atoms with E-state index < -0.39 is 5.82 Å². The number of halogens is 4. The zero-order valence-corrected chi connectivity index (χ0v) is 12.4. The van der Waals surface area contributed by atoms with Crippen molar-refractivity contribution in [2.75, 3.05) is 0 Å². The van der Waals surface area contributed by atoms with Crippen molar-refractivity contribution in [1.29, 1.82) is 0 Å². The van der Waals surface area contributed by atoms with Gasteiger partial charge in [0.05, 0.1) is 10.0 Å². The Balaban J connectivity index is 0.000000204. The van der Waals surface area contributed by atoms with E-state index in [1.807, 2.05) is 0 Å². The van der Waals surface area contributed by atoms with E-state index in [4.69, 9.17) is 23.2 Å². The molecule has 1 nitrogen and oxygen atoms in total. The Morgan fingerprint density at radius 1 is 0.950 bits per heavy atom. The van der Waals surface area contributed by atoms with Crippen LogP contribution in [-0.2, 0) is 0 Å². The van der Waals surface area contributed by atoms with Crippen LogP contribution in [0.5, 0.6) is 0 Å². The SMILES string of the molecule is Cc1ccc(C=O)c(Cl)c1F.Cc1cccc(Cl)c1F. The molecule has 0 bridgehead atoms. The fourth-order valence-electron chi connectivity index (χ4n) is 1.36. The summed E-state index contributed by atoms with van der Waals surface area (Å²) >= 11 is 10.9. The first-order valence-corrected chi connectivity index (χ1v) is 6.44. The maximum atomic E-state index is 12.9. The summed E-state index contributed by atoms with van der Waals surface area (Å²) in [6.45, 7) is 3.27. The van der Waals surface area contributed by atoms with Crippen molar-refractivity contribution < 1.29 is 13.6 Å². The van der Waals surface area contributed by atoms with E-state index in [1.54, 1.807) is 26.0 Å². The summed E-state index contributed by atoms with van der Waals surface area (Å²) in [4.78, 5) is 10.2. The van der Waals surface area contributed by atoms with Crippen molar-refractivity contribution >= 4 is 29.5 Å². The van der Waals surface area contributed by atoms with Gasteiger partial charge in [-0.3, -0.25) is 4.79 Å². The van der Waals surface area contributed by atoms with Gasteiger partial charge < -0.3 is 0 Å². The fraction of sp³-hybridized carbons (Fsp3) is 0.133. The second-order valence-corrected chi connectivity index (χ2v) is 4.87. The lowest BCUT2D eigenvalue weighted by Crippen LogP contribution is -1.89. The van der Waals surface area contributed by atoms with Gasteiger partial charge in [-0.2, -0.15) is 0 Å². The molecular formula is C15H12Cl2F2O. The van der Waals surface area contributed by atoms with E-state index in [0.717, 1.165) is 0 Å². The predicted octanol–water partition coefficient (Wildman–Crippen LogP) is 5.39. The molecule has 0 heterocycles. The van der Waals surface area contributed by atoms with Gasteiger partial charge in [-0.05, 0) is 37.1 Å². The van der Waals surface area contributed by atoms with E-state index in [0.29, 0.717) is 17.4 Å². The third-order valence-corrected chi connectivity index (χ3v) is 3.25. The molecule has 0 unspecified atom stereocenters. The number of carbonyl (C=O) groups is 1. The molecule has 0 aliphatic carbocycles. The zero-order chi connectivity index (χ0) is 15.3. The topological polar surface area (TPSA) is 17.1 Å². The molecule has 2 rings (SSSR count). The molecule has 0 saturated carbocycles. The Labute approximate surface area is 126 Å². The molecule has 2 aromatic rings. The van der Waals surface area contributed by atoms with E-state index in [-0.39, 0.29) is 21.4 Å². The van der Waals surface area contributed by atoms with Gasteiger partial charge in [0.25, 0.3) is 0 Å². The smallest absolute Gasteiger partial charge is 0.151 e. The van der Waals surface area contributed by atoms with Gasteiger partial charge in [0, 0.05) is 5.56 Å². The van der Waals surface area contributed by atoms with Crippen LogP contribution in [-0.4, -0.2) is 6.29 Å². The molecule has 0 aliphatic heterocycles. The Morgan fingerprint density at radius 2 is 1.55 bits per heavy atom. The molecule has 106 valence electrons. The minimum atomic E-state index is -0.517. The van der Waals surface area contributed by atoms with E-state index in [9.17, 15) is 13.6 Å². The summed E-state index contributed by atoms with van der Waals surface area (Å²) in [7, 11) is 0. The van der Waals surface area contributed by atoms with Gasteiger partial charge in [-0.15, -0.1) is 0 Å². The molecule has 0 aromatic heterocycles. The maximum absolute atomic E-state index is 12.9. The summed E-state index contributed by atoms with van der Waals surface area (Å²) in [5, 5.41) is 0.0926. The average molecular weight is 317 g/mol. The number of hydrogen-bond donors (Lipinski definition) is 0. The molecule has 0 radical (unpaired) electrons. The van der Waals surface area contributed by atoms with Crippen molar-refractivity contribution in [1.82, 2.24) is 0 Å². The van der Waals surface area contributed by atoms with Crippen molar-refractivity contribution in [3.8, 4) is 0 Å². The first-order chi connectivity index (χ1) is 9.38. The Kier molecular flexibility index (Phi) is 6.11. The van der Waals surface area contributed by atoms with Gasteiger partial charge in [0.2, 0.25) is 0 Å². The van der Waals surface area contributed by atoms with Crippen LogP contribution in [0.15, 0.2) is 30.3 Å². The summed E-state index contributed by atoms with van der Waals surface area (Å²) in [6, 6.07) is 7.95. The maximum Gasteiger partial charge on any atom is 0.151 e. The highest BCUT2D eigenvalue weighted by Gasteiger charge is 2.07. The zero-order valence-electron chi connectivity index (χ0n) is 10.9. The average Bonchev–Trinajstić information content (AvgIpc) is 2.43. The van der Waals surface area contributed by atoms with Crippen LogP contribution >= 0.6 is 23.2 Å². The number of rotatable bonds is 1. The minimum Gasteiger partial charge on any atom is -0.298 e. The fourth-order valence-corrected chi connectivity index (χ4v) is 1.84. The molecule has 0 spiro atoms.